The predicted molar refractivity (Wildman–Crippen MR) is 58.3 cm³/mol. The van der Waals surface area contributed by atoms with E-state index in [0.29, 0.717) is 6.08 Å². The zero-order valence-corrected chi connectivity index (χ0v) is 11.0. The predicted octanol–water partition coefficient (Wildman–Crippen LogP) is 3.14. The highest BCUT2D eigenvalue weighted by Crippen LogP contribution is 2.28. The standard InChI is InChI=1S/C10H11F6NO2S/c1-8(7-17,3-2-4-9(11,12)13)20(18,19)6-5-10(14,15)16/h2,4H,3,5-6H2,1H3. The molecular formula is C10H11F6NO2S. The van der Waals surface area contributed by atoms with Crippen LogP contribution in [0.25, 0.3) is 0 Å². The van der Waals surface area contributed by atoms with E-state index in [1.807, 2.05) is 0 Å². The smallest absolute Gasteiger partial charge is 0.227 e. The first kappa shape index (κ1) is 18.8. The van der Waals surface area contributed by atoms with Crippen molar-refractivity contribution >= 4 is 9.84 Å². The molecule has 0 aromatic rings. The van der Waals surface area contributed by atoms with Crippen LogP contribution in [0.4, 0.5) is 26.3 Å². The van der Waals surface area contributed by atoms with Gasteiger partial charge in [0.1, 0.15) is 0 Å². The number of nitriles is 1. The van der Waals surface area contributed by atoms with Crippen LogP contribution < -0.4 is 0 Å². The average Bonchev–Trinajstić information content (AvgIpc) is 2.23. The highest BCUT2D eigenvalue weighted by molar-refractivity contribution is 7.93. The Kier molecular flexibility index (Phi) is 5.66. The van der Waals surface area contributed by atoms with Gasteiger partial charge in [-0.2, -0.15) is 31.6 Å². The molecule has 0 fully saturated rings. The summed E-state index contributed by atoms with van der Waals surface area (Å²) in [6.07, 6.45) is -11.8. The summed E-state index contributed by atoms with van der Waals surface area (Å²) in [5.41, 5.74) is 0. The van der Waals surface area contributed by atoms with E-state index < -0.39 is 45.5 Å². The zero-order valence-electron chi connectivity index (χ0n) is 10.2. The molecule has 0 amide bonds. The van der Waals surface area contributed by atoms with E-state index in [9.17, 15) is 34.8 Å². The maximum atomic E-state index is 12.0. The summed E-state index contributed by atoms with van der Waals surface area (Å²) in [5.74, 6) is -1.35. The third-order valence-corrected chi connectivity index (χ3v) is 4.76. The third kappa shape index (κ3) is 6.27. The van der Waals surface area contributed by atoms with Crippen molar-refractivity contribution < 1.29 is 34.8 Å². The van der Waals surface area contributed by atoms with Crippen LogP contribution in [-0.4, -0.2) is 31.3 Å². The number of hydrogen-bond donors (Lipinski definition) is 0. The van der Waals surface area contributed by atoms with Crippen molar-refractivity contribution in [3.05, 3.63) is 12.2 Å². The number of alkyl halides is 6. The van der Waals surface area contributed by atoms with Gasteiger partial charge in [0.25, 0.3) is 0 Å². The minimum atomic E-state index is -4.73. The first-order valence-electron chi connectivity index (χ1n) is 5.17. The van der Waals surface area contributed by atoms with Gasteiger partial charge in [-0.05, 0) is 13.3 Å². The molecule has 0 aliphatic carbocycles. The molecule has 1 unspecified atom stereocenters. The van der Waals surface area contributed by atoms with E-state index in [-0.39, 0.29) is 6.08 Å². The highest BCUT2D eigenvalue weighted by atomic mass is 32.2. The second-order valence-corrected chi connectivity index (χ2v) is 6.71. The fourth-order valence-electron chi connectivity index (χ4n) is 1.13. The van der Waals surface area contributed by atoms with Gasteiger partial charge in [-0.3, -0.25) is 0 Å². The van der Waals surface area contributed by atoms with Gasteiger partial charge >= 0.3 is 12.4 Å². The van der Waals surface area contributed by atoms with Crippen LogP contribution in [0.5, 0.6) is 0 Å². The van der Waals surface area contributed by atoms with Gasteiger partial charge in [0.05, 0.1) is 18.2 Å². The van der Waals surface area contributed by atoms with Crippen LogP contribution in [0, 0.1) is 11.3 Å². The normalized spacial score (nSPS) is 16.9. The molecule has 1 atom stereocenters. The van der Waals surface area contributed by atoms with Crippen molar-refractivity contribution in [1.29, 1.82) is 5.26 Å². The van der Waals surface area contributed by atoms with Gasteiger partial charge in [-0.1, -0.05) is 6.08 Å². The maximum Gasteiger partial charge on any atom is 0.409 e. The lowest BCUT2D eigenvalue weighted by molar-refractivity contribution is -0.130. The van der Waals surface area contributed by atoms with E-state index in [4.69, 9.17) is 5.26 Å². The Bertz CT molecular complexity index is 499. The monoisotopic (exact) mass is 323 g/mol. The lowest BCUT2D eigenvalue weighted by atomic mass is 10.1. The second kappa shape index (κ2) is 6.03. The van der Waals surface area contributed by atoms with Gasteiger partial charge in [0, 0.05) is 6.08 Å². The topological polar surface area (TPSA) is 57.9 Å². The molecule has 0 aliphatic rings. The first-order valence-corrected chi connectivity index (χ1v) is 6.82. The molecule has 0 saturated heterocycles. The lowest BCUT2D eigenvalue weighted by Gasteiger charge is -2.20. The Hall–Kier alpha value is -1.24. The molecule has 0 bridgehead atoms. The van der Waals surface area contributed by atoms with Crippen LogP contribution in [-0.2, 0) is 9.84 Å². The zero-order chi connectivity index (χ0) is 16.2. The molecule has 0 N–H and O–H groups in total. The molecule has 0 radical (unpaired) electrons. The Labute approximate surface area is 111 Å². The van der Waals surface area contributed by atoms with Crippen molar-refractivity contribution in [3.63, 3.8) is 0 Å². The fraction of sp³-hybridized carbons (Fsp3) is 0.700. The van der Waals surface area contributed by atoms with Crippen LogP contribution in [0.1, 0.15) is 19.8 Å². The quantitative estimate of drug-likeness (QED) is 0.577. The number of nitrogens with zero attached hydrogens (tertiary/aromatic N) is 1. The van der Waals surface area contributed by atoms with Crippen molar-refractivity contribution in [2.45, 2.75) is 36.9 Å². The Balaban J connectivity index is 5.05. The highest BCUT2D eigenvalue weighted by Gasteiger charge is 2.41. The van der Waals surface area contributed by atoms with E-state index >= 15 is 0 Å². The molecule has 0 heterocycles. The van der Waals surface area contributed by atoms with Crippen molar-refractivity contribution in [2.75, 3.05) is 5.75 Å². The number of halogens is 6. The summed E-state index contributed by atoms with van der Waals surface area (Å²) >= 11 is 0. The summed E-state index contributed by atoms with van der Waals surface area (Å²) in [5, 5.41) is 8.75. The summed E-state index contributed by atoms with van der Waals surface area (Å²) in [4.78, 5) is 0. The molecule has 20 heavy (non-hydrogen) atoms. The van der Waals surface area contributed by atoms with Crippen LogP contribution in [0.3, 0.4) is 0 Å². The van der Waals surface area contributed by atoms with Crippen LogP contribution >= 0.6 is 0 Å². The largest absolute Gasteiger partial charge is 0.409 e. The molecular weight excluding hydrogens is 312 g/mol. The van der Waals surface area contributed by atoms with Crippen LogP contribution in [0.15, 0.2) is 12.2 Å². The minimum Gasteiger partial charge on any atom is -0.227 e. The summed E-state index contributed by atoms with van der Waals surface area (Å²) in [7, 11) is -4.52. The van der Waals surface area contributed by atoms with E-state index in [0.717, 1.165) is 6.92 Å². The van der Waals surface area contributed by atoms with Crippen molar-refractivity contribution in [2.24, 2.45) is 0 Å². The average molecular weight is 323 g/mol. The molecule has 0 saturated carbocycles. The van der Waals surface area contributed by atoms with Gasteiger partial charge in [0.15, 0.2) is 14.6 Å². The van der Waals surface area contributed by atoms with E-state index in [1.54, 1.807) is 0 Å². The van der Waals surface area contributed by atoms with Gasteiger partial charge in [-0.15, -0.1) is 0 Å². The van der Waals surface area contributed by atoms with Crippen LogP contribution in [0.2, 0.25) is 0 Å². The number of sulfone groups is 1. The Morgan fingerprint density at radius 3 is 2.00 bits per heavy atom. The molecule has 3 nitrogen and oxygen atoms in total. The maximum absolute atomic E-state index is 12.0. The molecule has 0 rings (SSSR count). The molecule has 0 aromatic carbocycles. The summed E-state index contributed by atoms with van der Waals surface area (Å²) in [6.45, 7) is 0.791. The molecule has 0 aliphatic heterocycles. The van der Waals surface area contributed by atoms with Gasteiger partial charge in [0.2, 0.25) is 0 Å². The number of allylic oxidation sites excluding steroid dienone is 2. The summed E-state index contributed by atoms with van der Waals surface area (Å²) < 4.78 is 92.5. The first-order chi connectivity index (χ1) is 8.72. The SMILES string of the molecule is CC(C#N)(CC=CC(F)(F)F)S(=O)(=O)CCC(F)(F)F. The number of hydrogen-bond acceptors (Lipinski definition) is 3. The van der Waals surface area contributed by atoms with Gasteiger partial charge in [-0.25, -0.2) is 8.42 Å². The summed E-state index contributed by atoms with van der Waals surface area (Å²) in [6, 6.07) is 1.27. The Morgan fingerprint density at radius 2 is 1.65 bits per heavy atom. The molecule has 10 heteroatoms. The van der Waals surface area contributed by atoms with Crippen molar-refractivity contribution in [1.82, 2.24) is 0 Å². The third-order valence-electron chi connectivity index (χ3n) is 2.39. The van der Waals surface area contributed by atoms with Gasteiger partial charge < -0.3 is 0 Å². The Morgan fingerprint density at radius 1 is 1.15 bits per heavy atom. The fourth-order valence-corrected chi connectivity index (χ4v) is 2.57. The molecule has 0 aromatic heterocycles. The van der Waals surface area contributed by atoms with E-state index in [2.05, 4.69) is 0 Å². The number of rotatable bonds is 5. The molecule has 116 valence electrons. The second-order valence-electron chi connectivity index (χ2n) is 4.17. The lowest BCUT2D eigenvalue weighted by Crippen LogP contribution is -2.36. The van der Waals surface area contributed by atoms with Crippen molar-refractivity contribution in [3.8, 4) is 6.07 Å². The molecule has 0 spiro atoms. The minimum absolute atomic E-state index is 0.262. The van der Waals surface area contributed by atoms with E-state index in [1.165, 1.54) is 6.07 Å².